The monoisotopic (exact) mass is 245 g/mol. The third-order valence-corrected chi connectivity index (χ3v) is 2.58. The predicted molar refractivity (Wildman–Crippen MR) is 69.5 cm³/mol. The molecule has 2 aromatic carbocycles. The maximum absolute atomic E-state index is 13.5. The molecule has 0 unspecified atom stereocenters. The number of aliphatic imine (C=N–C) groups is 1. The minimum atomic E-state index is -0.643. The van der Waals surface area contributed by atoms with Crippen LogP contribution in [0.3, 0.4) is 0 Å². The van der Waals surface area contributed by atoms with E-state index < -0.39 is 11.6 Å². The van der Waals surface area contributed by atoms with Crippen molar-refractivity contribution in [1.29, 1.82) is 0 Å². The van der Waals surface area contributed by atoms with Gasteiger partial charge in [-0.05, 0) is 37.1 Å². The summed E-state index contributed by atoms with van der Waals surface area (Å²) in [5, 5.41) is 0. The van der Waals surface area contributed by atoms with Crippen LogP contribution in [0.15, 0.2) is 41.4 Å². The molecule has 0 aliphatic heterocycles. The molecule has 0 saturated heterocycles. The lowest BCUT2D eigenvalue weighted by Crippen LogP contribution is -1.87. The molecule has 1 nitrogen and oxygen atoms in total. The molecular formula is C15H13F2N. The van der Waals surface area contributed by atoms with Crippen molar-refractivity contribution >= 4 is 11.9 Å². The van der Waals surface area contributed by atoms with Gasteiger partial charge in [-0.3, -0.25) is 4.99 Å². The fourth-order valence-corrected chi connectivity index (χ4v) is 1.61. The Morgan fingerprint density at radius 1 is 0.889 bits per heavy atom. The summed E-state index contributed by atoms with van der Waals surface area (Å²) in [5.41, 5.74) is 2.22. The zero-order chi connectivity index (χ0) is 13.1. The summed E-state index contributed by atoms with van der Waals surface area (Å²) in [6.07, 6.45) is 1.45. The number of hydrogen-bond acceptors (Lipinski definition) is 1. The van der Waals surface area contributed by atoms with E-state index in [1.54, 1.807) is 6.92 Å². The van der Waals surface area contributed by atoms with E-state index in [4.69, 9.17) is 0 Å². The first-order valence-corrected chi connectivity index (χ1v) is 5.62. The SMILES string of the molecule is Cc1ccc(C=Nc2c(F)cc(C)cc2F)cc1. The summed E-state index contributed by atoms with van der Waals surface area (Å²) in [5.74, 6) is -1.29. The van der Waals surface area contributed by atoms with Crippen molar-refractivity contribution in [2.75, 3.05) is 0 Å². The Morgan fingerprint density at radius 3 is 2.00 bits per heavy atom. The summed E-state index contributed by atoms with van der Waals surface area (Å²) in [6, 6.07) is 10.1. The Kier molecular flexibility index (Phi) is 3.51. The molecule has 0 aliphatic rings. The van der Waals surface area contributed by atoms with Crippen LogP contribution >= 0.6 is 0 Å². The van der Waals surface area contributed by atoms with Gasteiger partial charge in [-0.2, -0.15) is 0 Å². The maximum atomic E-state index is 13.5. The standard InChI is InChI=1S/C15H13F2N/c1-10-3-5-12(6-4-10)9-18-15-13(16)7-11(2)8-14(15)17/h3-9H,1-2H3. The normalized spacial score (nSPS) is 11.1. The average Bonchev–Trinajstić information content (AvgIpc) is 2.30. The lowest BCUT2D eigenvalue weighted by molar-refractivity contribution is 0.586. The Morgan fingerprint density at radius 2 is 1.44 bits per heavy atom. The van der Waals surface area contributed by atoms with Crippen molar-refractivity contribution in [3.8, 4) is 0 Å². The molecule has 18 heavy (non-hydrogen) atoms. The van der Waals surface area contributed by atoms with Gasteiger partial charge >= 0.3 is 0 Å². The smallest absolute Gasteiger partial charge is 0.152 e. The molecule has 0 spiro atoms. The van der Waals surface area contributed by atoms with Gasteiger partial charge in [-0.15, -0.1) is 0 Å². The van der Waals surface area contributed by atoms with Gasteiger partial charge < -0.3 is 0 Å². The molecule has 0 saturated carbocycles. The topological polar surface area (TPSA) is 12.4 Å². The second kappa shape index (κ2) is 5.08. The fourth-order valence-electron chi connectivity index (χ4n) is 1.61. The molecule has 3 heteroatoms. The van der Waals surface area contributed by atoms with Crippen molar-refractivity contribution in [3.63, 3.8) is 0 Å². The first-order valence-electron chi connectivity index (χ1n) is 5.62. The fraction of sp³-hybridized carbons (Fsp3) is 0.133. The molecule has 0 aliphatic carbocycles. The van der Waals surface area contributed by atoms with Crippen LogP contribution in [0.2, 0.25) is 0 Å². The molecule has 0 amide bonds. The number of rotatable bonds is 2. The minimum Gasteiger partial charge on any atom is -0.250 e. The van der Waals surface area contributed by atoms with E-state index in [0.29, 0.717) is 5.56 Å². The van der Waals surface area contributed by atoms with Gasteiger partial charge in [0.1, 0.15) is 5.69 Å². The van der Waals surface area contributed by atoms with Crippen LogP contribution in [0.25, 0.3) is 0 Å². The molecule has 0 N–H and O–H groups in total. The zero-order valence-corrected chi connectivity index (χ0v) is 10.2. The molecule has 0 heterocycles. The molecule has 2 rings (SSSR count). The highest BCUT2D eigenvalue weighted by atomic mass is 19.1. The number of hydrogen-bond donors (Lipinski definition) is 0. The van der Waals surface area contributed by atoms with E-state index in [1.165, 1.54) is 18.3 Å². The quantitative estimate of drug-likeness (QED) is 0.698. The van der Waals surface area contributed by atoms with Gasteiger partial charge in [0, 0.05) is 6.21 Å². The van der Waals surface area contributed by atoms with Gasteiger partial charge in [0.2, 0.25) is 0 Å². The minimum absolute atomic E-state index is 0.249. The van der Waals surface area contributed by atoms with Crippen molar-refractivity contribution in [2.24, 2.45) is 4.99 Å². The van der Waals surface area contributed by atoms with Crippen molar-refractivity contribution < 1.29 is 8.78 Å². The Balaban J connectivity index is 2.31. The molecule has 0 fully saturated rings. The number of nitrogens with zero attached hydrogens (tertiary/aromatic N) is 1. The van der Waals surface area contributed by atoms with E-state index in [2.05, 4.69) is 4.99 Å². The molecule has 0 aromatic heterocycles. The van der Waals surface area contributed by atoms with Crippen LogP contribution in [0.4, 0.5) is 14.5 Å². The number of halogens is 2. The van der Waals surface area contributed by atoms with E-state index in [9.17, 15) is 8.78 Å². The van der Waals surface area contributed by atoms with Gasteiger partial charge in [0.05, 0.1) is 0 Å². The lowest BCUT2D eigenvalue weighted by Gasteiger charge is -2.01. The van der Waals surface area contributed by atoms with Crippen LogP contribution in [-0.2, 0) is 0 Å². The molecule has 92 valence electrons. The van der Waals surface area contributed by atoms with Gasteiger partial charge in [0.15, 0.2) is 11.6 Å². The highest BCUT2D eigenvalue weighted by molar-refractivity contribution is 5.82. The first-order chi connectivity index (χ1) is 8.56. The average molecular weight is 245 g/mol. The van der Waals surface area contributed by atoms with E-state index in [-0.39, 0.29) is 5.69 Å². The highest BCUT2D eigenvalue weighted by Gasteiger charge is 2.07. The molecule has 0 atom stereocenters. The van der Waals surface area contributed by atoms with Crippen LogP contribution < -0.4 is 0 Å². The van der Waals surface area contributed by atoms with Gasteiger partial charge in [-0.1, -0.05) is 29.8 Å². The Labute approximate surface area is 105 Å². The van der Waals surface area contributed by atoms with E-state index in [0.717, 1.165) is 11.1 Å². The number of benzene rings is 2. The van der Waals surface area contributed by atoms with Crippen LogP contribution in [0, 0.1) is 25.5 Å². The number of aryl methyl sites for hydroxylation is 2. The summed E-state index contributed by atoms with van der Waals surface area (Å²) < 4.78 is 27.0. The lowest BCUT2D eigenvalue weighted by atomic mass is 10.2. The van der Waals surface area contributed by atoms with Crippen LogP contribution in [-0.4, -0.2) is 6.21 Å². The van der Waals surface area contributed by atoms with Crippen molar-refractivity contribution in [3.05, 3.63) is 64.7 Å². The van der Waals surface area contributed by atoms with E-state index >= 15 is 0 Å². The molecule has 2 aromatic rings. The maximum Gasteiger partial charge on any atom is 0.152 e. The largest absolute Gasteiger partial charge is 0.250 e. The first kappa shape index (κ1) is 12.4. The van der Waals surface area contributed by atoms with Gasteiger partial charge in [0.25, 0.3) is 0 Å². The van der Waals surface area contributed by atoms with Crippen molar-refractivity contribution in [1.82, 2.24) is 0 Å². The third kappa shape index (κ3) is 2.80. The summed E-state index contributed by atoms with van der Waals surface area (Å²) in [4.78, 5) is 3.87. The van der Waals surface area contributed by atoms with Crippen LogP contribution in [0.1, 0.15) is 16.7 Å². The van der Waals surface area contributed by atoms with Crippen LogP contribution in [0.5, 0.6) is 0 Å². The Hall–Kier alpha value is -2.03. The molecule has 0 radical (unpaired) electrons. The summed E-state index contributed by atoms with van der Waals surface area (Å²) >= 11 is 0. The van der Waals surface area contributed by atoms with E-state index in [1.807, 2.05) is 31.2 Å². The Bertz CT molecular complexity index is 563. The summed E-state index contributed by atoms with van der Waals surface area (Å²) in [7, 11) is 0. The molecule has 0 bridgehead atoms. The van der Waals surface area contributed by atoms with Crippen molar-refractivity contribution in [2.45, 2.75) is 13.8 Å². The zero-order valence-electron chi connectivity index (χ0n) is 10.2. The molecular weight excluding hydrogens is 232 g/mol. The third-order valence-electron chi connectivity index (χ3n) is 2.58. The second-order valence-corrected chi connectivity index (χ2v) is 4.25. The summed E-state index contributed by atoms with van der Waals surface area (Å²) in [6.45, 7) is 3.61. The highest BCUT2D eigenvalue weighted by Crippen LogP contribution is 2.23. The second-order valence-electron chi connectivity index (χ2n) is 4.25. The predicted octanol–water partition coefficient (Wildman–Crippen LogP) is 4.33. The van der Waals surface area contributed by atoms with Gasteiger partial charge in [-0.25, -0.2) is 8.78 Å².